The predicted molar refractivity (Wildman–Crippen MR) is 116 cm³/mol. The van der Waals surface area contributed by atoms with Crippen molar-refractivity contribution >= 4 is 16.0 Å². The van der Waals surface area contributed by atoms with E-state index in [1.807, 2.05) is 25.1 Å². The Morgan fingerprint density at radius 1 is 1.10 bits per heavy atom. The zero-order valence-corrected chi connectivity index (χ0v) is 17.8. The Morgan fingerprint density at radius 2 is 1.79 bits per heavy atom. The average Bonchev–Trinajstić information content (AvgIpc) is 2.71. The minimum atomic E-state index is -3.67. The summed E-state index contributed by atoms with van der Waals surface area (Å²) in [5.74, 6) is 0.708. The fourth-order valence-corrected chi connectivity index (χ4v) is 3.17. The molecular formula is C21H30N4O3S. The normalized spacial score (nSPS) is 13.1. The smallest absolute Gasteiger partial charge is 0.238 e. The predicted octanol–water partition coefficient (Wildman–Crippen LogP) is 2.56. The number of guanidine groups is 1. The van der Waals surface area contributed by atoms with E-state index >= 15 is 0 Å². The number of nitrogens with two attached hydrogens (primary N) is 1. The van der Waals surface area contributed by atoms with E-state index in [-0.39, 0.29) is 11.0 Å². The van der Waals surface area contributed by atoms with Crippen molar-refractivity contribution < 1.29 is 13.2 Å². The van der Waals surface area contributed by atoms with Crippen molar-refractivity contribution in [2.75, 3.05) is 19.7 Å². The molecule has 158 valence electrons. The molecule has 0 radical (unpaired) electrons. The van der Waals surface area contributed by atoms with Gasteiger partial charge in [-0.3, -0.25) is 0 Å². The van der Waals surface area contributed by atoms with Gasteiger partial charge in [0, 0.05) is 19.7 Å². The quantitative estimate of drug-likeness (QED) is 0.312. The first-order chi connectivity index (χ1) is 13.9. The second-order valence-electron chi connectivity index (χ2n) is 6.59. The summed E-state index contributed by atoms with van der Waals surface area (Å²) in [6.45, 7) is 6.62. The second-order valence-corrected chi connectivity index (χ2v) is 8.15. The van der Waals surface area contributed by atoms with E-state index in [2.05, 4.69) is 34.7 Å². The lowest BCUT2D eigenvalue weighted by atomic mass is 10.1. The van der Waals surface area contributed by atoms with E-state index in [4.69, 9.17) is 9.88 Å². The highest BCUT2D eigenvalue weighted by atomic mass is 32.2. The molecular weight excluding hydrogens is 388 g/mol. The molecule has 7 nitrogen and oxygen atoms in total. The number of sulfonamides is 1. The second kappa shape index (κ2) is 11.5. The van der Waals surface area contributed by atoms with Crippen LogP contribution in [0.2, 0.25) is 0 Å². The third-order valence-corrected chi connectivity index (χ3v) is 5.20. The average molecular weight is 419 g/mol. The van der Waals surface area contributed by atoms with Gasteiger partial charge in [-0.25, -0.2) is 18.5 Å². The molecule has 8 heteroatoms. The number of hydrogen-bond donors (Lipinski definition) is 3. The van der Waals surface area contributed by atoms with Gasteiger partial charge in [0.1, 0.15) is 0 Å². The Hall–Kier alpha value is -2.42. The Morgan fingerprint density at radius 3 is 2.41 bits per heavy atom. The van der Waals surface area contributed by atoms with Crippen molar-refractivity contribution in [1.82, 2.24) is 10.6 Å². The van der Waals surface area contributed by atoms with Gasteiger partial charge < -0.3 is 15.4 Å². The maximum absolute atomic E-state index is 11.3. The molecule has 1 unspecified atom stereocenters. The summed E-state index contributed by atoms with van der Waals surface area (Å²) in [4.78, 5) is 4.63. The summed E-state index contributed by atoms with van der Waals surface area (Å²) in [7, 11) is -3.67. The summed E-state index contributed by atoms with van der Waals surface area (Å²) in [6, 6.07) is 16.6. The van der Waals surface area contributed by atoms with Crippen molar-refractivity contribution in [2.24, 2.45) is 10.1 Å². The Bertz CT molecular complexity index is 869. The molecule has 2 aromatic carbocycles. The molecule has 2 rings (SSSR count). The van der Waals surface area contributed by atoms with Crippen LogP contribution in [0.5, 0.6) is 0 Å². The fraction of sp³-hybridized carbons (Fsp3) is 0.381. The van der Waals surface area contributed by atoms with E-state index in [1.54, 1.807) is 12.1 Å². The van der Waals surface area contributed by atoms with Crippen LogP contribution in [-0.4, -0.2) is 34.1 Å². The number of aliphatic imine (C=N–C) groups is 1. The molecule has 0 amide bonds. The molecule has 29 heavy (non-hydrogen) atoms. The van der Waals surface area contributed by atoms with Gasteiger partial charge in [-0.05, 0) is 43.5 Å². The number of hydrogen-bond acceptors (Lipinski definition) is 4. The highest BCUT2D eigenvalue weighted by molar-refractivity contribution is 7.89. The first-order valence-corrected chi connectivity index (χ1v) is 11.2. The molecule has 0 aliphatic heterocycles. The van der Waals surface area contributed by atoms with Crippen molar-refractivity contribution in [1.29, 1.82) is 0 Å². The molecule has 0 heterocycles. The van der Waals surface area contributed by atoms with Gasteiger partial charge in [0.2, 0.25) is 10.0 Å². The van der Waals surface area contributed by atoms with Crippen LogP contribution in [0.4, 0.5) is 0 Å². The number of nitrogens with one attached hydrogen (secondary N) is 2. The lowest BCUT2D eigenvalue weighted by Crippen LogP contribution is -2.38. The van der Waals surface area contributed by atoms with Crippen LogP contribution in [0.25, 0.3) is 0 Å². The van der Waals surface area contributed by atoms with Crippen LogP contribution in [0, 0.1) is 0 Å². The maximum atomic E-state index is 11.3. The van der Waals surface area contributed by atoms with Gasteiger partial charge in [0.05, 0.1) is 17.5 Å². The first-order valence-electron chi connectivity index (χ1n) is 9.70. The van der Waals surface area contributed by atoms with Crippen LogP contribution in [0.15, 0.2) is 64.5 Å². The van der Waals surface area contributed by atoms with Crippen molar-refractivity contribution in [3.63, 3.8) is 0 Å². The molecule has 0 bridgehead atoms. The molecule has 0 saturated carbocycles. The Labute approximate surface area is 173 Å². The van der Waals surface area contributed by atoms with Gasteiger partial charge in [-0.1, -0.05) is 42.5 Å². The lowest BCUT2D eigenvalue weighted by Gasteiger charge is -2.14. The Balaban J connectivity index is 1.77. The standard InChI is InChI=1S/C21H30N4O3S/c1-3-23-21(25-16-18-10-12-20(13-11-18)29(22,26)27)24-14-7-15-28-17(2)19-8-5-4-6-9-19/h4-6,8-13,17H,3,7,14-16H2,1-2H3,(H2,22,26,27)(H2,23,24,25). The minimum absolute atomic E-state index is 0.0680. The monoisotopic (exact) mass is 418 g/mol. The summed E-state index contributed by atoms with van der Waals surface area (Å²) >= 11 is 0. The molecule has 2 aromatic rings. The first kappa shape index (κ1) is 22.9. The number of ether oxygens (including phenoxy) is 1. The summed E-state index contributed by atoms with van der Waals surface area (Å²) in [5, 5.41) is 11.6. The van der Waals surface area contributed by atoms with E-state index in [9.17, 15) is 8.42 Å². The maximum Gasteiger partial charge on any atom is 0.238 e. The lowest BCUT2D eigenvalue weighted by molar-refractivity contribution is 0.0646. The van der Waals surface area contributed by atoms with Crippen molar-refractivity contribution in [3.8, 4) is 0 Å². The van der Waals surface area contributed by atoms with Gasteiger partial charge in [0.25, 0.3) is 0 Å². The molecule has 0 aliphatic carbocycles. The van der Waals surface area contributed by atoms with E-state index < -0.39 is 10.0 Å². The molecule has 0 aromatic heterocycles. The molecule has 4 N–H and O–H groups in total. The summed E-state index contributed by atoms with van der Waals surface area (Å²) < 4.78 is 28.5. The zero-order valence-electron chi connectivity index (χ0n) is 17.0. The minimum Gasteiger partial charge on any atom is -0.374 e. The third kappa shape index (κ3) is 8.23. The molecule has 0 saturated heterocycles. The summed E-state index contributed by atoms with van der Waals surface area (Å²) in [5.41, 5.74) is 2.07. The topological polar surface area (TPSA) is 106 Å². The molecule has 1 atom stereocenters. The van der Waals surface area contributed by atoms with Crippen LogP contribution in [0.1, 0.15) is 37.5 Å². The molecule has 0 aliphatic rings. The van der Waals surface area contributed by atoms with Crippen LogP contribution in [0.3, 0.4) is 0 Å². The molecule has 0 fully saturated rings. The zero-order chi connectivity index (χ0) is 21.1. The van der Waals surface area contributed by atoms with Crippen LogP contribution in [-0.2, 0) is 21.3 Å². The van der Waals surface area contributed by atoms with Crippen molar-refractivity contribution in [3.05, 3.63) is 65.7 Å². The van der Waals surface area contributed by atoms with Crippen LogP contribution >= 0.6 is 0 Å². The molecule has 0 spiro atoms. The largest absolute Gasteiger partial charge is 0.374 e. The highest BCUT2D eigenvalue weighted by Crippen LogP contribution is 2.15. The van der Waals surface area contributed by atoms with Gasteiger partial charge in [0.15, 0.2) is 5.96 Å². The number of nitrogens with zero attached hydrogens (tertiary/aromatic N) is 1. The third-order valence-electron chi connectivity index (χ3n) is 4.27. The van der Waals surface area contributed by atoms with Gasteiger partial charge in [-0.2, -0.15) is 0 Å². The SMILES string of the molecule is CCNC(=NCc1ccc(S(N)(=O)=O)cc1)NCCCOC(C)c1ccccc1. The highest BCUT2D eigenvalue weighted by Gasteiger charge is 2.07. The van der Waals surface area contributed by atoms with Crippen LogP contribution < -0.4 is 15.8 Å². The van der Waals surface area contributed by atoms with Gasteiger partial charge in [-0.15, -0.1) is 0 Å². The fourth-order valence-electron chi connectivity index (χ4n) is 2.66. The van der Waals surface area contributed by atoms with E-state index in [0.717, 1.165) is 25.1 Å². The number of benzene rings is 2. The van der Waals surface area contributed by atoms with Crippen molar-refractivity contribution in [2.45, 2.75) is 37.8 Å². The van der Waals surface area contributed by atoms with E-state index in [1.165, 1.54) is 17.7 Å². The Kier molecular flexibility index (Phi) is 9.11. The number of primary sulfonamides is 1. The summed E-state index contributed by atoms with van der Waals surface area (Å²) in [6.07, 6.45) is 0.920. The van der Waals surface area contributed by atoms with Gasteiger partial charge >= 0.3 is 0 Å². The van der Waals surface area contributed by atoms with E-state index in [0.29, 0.717) is 19.1 Å². The number of rotatable bonds is 10.